The van der Waals surface area contributed by atoms with Crippen LogP contribution >= 0.6 is 0 Å². The molecule has 2 N–H and O–H groups in total. The van der Waals surface area contributed by atoms with Crippen LogP contribution in [0.15, 0.2) is 36.1 Å². The highest BCUT2D eigenvalue weighted by atomic mass is 14.6. The Morgan fingerprint density at radius 3 is 2.75 bits per heavy atom. The molecule has 0 saturated carbocycles. The van der Waals surface area contributed by atoms with Gasteiger partial charge in [0.05, 0.1) is 0 Å². The fraction of sp³-hybridized carbons (Fsp3) is 0.143. The van der Waals surface area contributed by atoms with Crippen LogP contribution in [-0.4, -0.2) is 0 Å². The van der Waals surface area contributed by atoms with Gasteiger partial charge >= 0.3 is 0 Å². The van der Waals surface area contributed by atoms with Gasteiger partial charge in [0, 0.05) is 12.1 Å². The molecule has 0 atom stereocenters. The van der Waals surface area contributed by atoms with Crippen LogP contribution < -0.4 is 5.73 Å². The van der Waals surface area contributed by atoms with E-state index >= 15 is 0 Å². The van der Waals surface area contributed by atoms with E-state index in [2.05, 4.69) is 6.58 Å². The normalized spacial score (nSPS) is 17.5. The minimum absolute atomic E-state index is 0.890. The average molecular weight is 107 g/mol. The highest BCUT2D eigenvalue weighted by Gasteiger charge is 1.98. The Hall–Kier alpha value is -0.980. The van der Waals surface area contributed by atoms with Gasteiger partial charge in [0.15, 0.2) is 0 Å². The van der Waals surface area contributed by atoms with E-state index in [-0.39, 0.29) is 0 Å². The first-order valence-electron chi connectivity index (χ1n) is 2.62. The lowest BCUT2D eigenvalue weighted by Crippen LogP contribution is -1.93. The Morgan fingerprint density at radius 1 is 1.75 bits per heavy atom. The zero-order valence-electron chi connectivity index (χ0n) is 4.72. The first-order valence-corrected chi connectivity index (χ1v) is 2.62. The van der Waals surface area contributed by atoms with Gasteiger partial charge in [-0.15, -0.1) is 0 Å². The molecule has 0 radical (unpaired) electrons. The Bertz CT molecular complexity index is 163. The van der Waals surface area contributed by atoms with Gasteiger partial charge in [0.1, 0.15) is 0 Å². The van der Waals surface area contributed by atoms with Crippen molar-refractivity contribution in [3.63, 3.8) is 0 Å². The highest BCUT2D eigenvalue weighted by molar-refractivity contribution is 5.39. The smallest absolute Gasteiger partial charge is 0.0192 e. The lowest BCUT2D eigenvalue weighted by atomic mass is 10.2. The zero-order valence-corrected chi connectivity index (χ0v) is 4.72. The Morgan fingerprint density at radius 2 is 2.50 bits per heavy atom. The number of hydrogen-bond donors (Lipinski definition) is 1. The van der Waals surface area contributed by atoms with Gasteiger partial charge in [-0.25, -0.2) is 0 Å². The summed E-state index contributed by atoms with van der Waals surface area (Å²) in [6, 6.07) is 0. The topological polar surface area (TPSA) is 26.0 Å². The molecule has 8 heavy (non-hydrogen) atoms. The van der Waals surface area contributed by atoms with Gasteiger partial charge in [0.25, 0.3) is 0 Å². The van der Waals surface area contributed by atoms with Gasteiger partial charge in [-0.05, 0) is 5.57 Å². The summed E-state index contributed by atoms with van der Waals surface area (Å²) in [5.41, 5.74) is 7.54. The van der Waals surface area contributed by atoms with E-state index in [0.717, 1.165) is 17.7 Å². The maximum Gasteiger partial charge on any atom is 0.0192 e. The molecule has 0 amide bonds. The van der Waals surface area contributed by atoms with Gasteiger partial charge in [-0.1, -0.05) is 24.8 Å². The van der Waals surface area contributed by atoms with Crippen molar-refractivity contribution in [1.82, 2.24) is 0 Å². The summed E-state index contributed by atoms with van der Waals surface area (Å²) in [6.07, 6.45) is 6.69. The number of allylic oxidation sites excluding steroid dienone is 4. The monoisotopic (exact) mass is 107 g/mol. The number of nitrogens with two attached hydrogens (primary N) is 1. The van der Waals surface area contributed by atoms with E-state index in [0.29, 0.717) is 0 Å². The van der Waals surface area contributed by atoms with Gasteiger partial charge < -0.3 is 5.73 Å². The molecular weight excluding hydrogens is 98.1 g/mol. The molecule has 1 rings (SSSR count). The first kappa shape index (κ1) is 5.16. The van der Waals surface area contributed by atoms with Crippen LogP contribution in [0.5, 0.6) is 0 Å². The van der Waals surface area contributed by atoms with Crippen LogP contribution in [0.4, 0.5) is 0 Å². The molecular formula is C7H9N. The summed E-state index contributed by atoms with van der Waals surface area (Å²) in [5.74, 6) is 0. The van der Waals surface area contributed by atoms with Crippen LogP contribution in [0.3, 0.4) is 0 Å². The van der Waals surface area contributed by atoms with Crippen molar-refractivity contribution in [3.8, 4) is 0 Å². The fourth-order valence-corrected chi connectivity index (χ4v) is 0.737. The summed E-state index contributed by atoms with van der Waals surface area (Å²) >= 11 is 0. The lowest BCUT2D eigenvalue weighted by Gasteiger charge is -1.90. The second-order valence-electron chi connectivity index (χ2n) is 1.79. The van der Waals surface area contributed by atoms with Crippen LogP contribution in [0.1, 0.15) is 6.42 Å². The average Bonchev–Trinajstić information content (AvgIpc) is 2.14. The molecule has 1 nitrogen and oxygen atoms in total. The van der Waals surface area contributed by atoms with Crippen molar-refractivity contribution in [3.05, 3.63) is 36.1 Å². The minimum atomic E-state index is 0.890. The second kappa shape index (κ2) is 1.86. The third-order valence-corrected chi connectivity index (χ3v) is 1.23. The standard InChI is InChI=1S/C7H9N/c1-2-6-4-3-5-7(6)8/h2-4H,1,5,8H2. The molecule has 0 aromatic carbocycles. The Kier molecular flexibility index (Phi) is 1.20. The summed E-state index contributed by atoms with van der Waals surface area (Å²) in [4.78, 5) is 0. The summed E-state index contributed by atoms with van der Waals surface area (Å²) in [5, 5.41) is 0. The van der Waals surface area contributed by atoms with E-state index < -0.39 is 0 Å². The molecule has 1 heteroatoms. The van der Waals surface area contributed by atoms with Crippen LogP contribution in [-0.2, 0) is 0 Å². The van der Waals surface area contributed by atoms with Crippen molar-refractivity contribution < 1.29 is 0 Å². The van der Waals surface area contributed by atoms with Crippen molar-refractivity contribution >= 4 is 0 Å². The number of hydrogen-bond acceptors (Lipinski definition) is 1. The molecule has 0 aliphatic heterocycles. The molecule has 0 aromatic heterocycles. The molecule has 1 aliphatic carbocycles. The predicted octanol–water partition coefficient (Wildman–Crippen LogP) is 1.35. The molecule has 0 unspecified atom stereocenters. The molecule has 42 valence electrons. The largest absolute Gasteiger partial charge is 0.401 e. The fourth-order valence-electron chi connectivity index (χ4n) is 0.737. The molecule has 0 aromatic rings. The summed E-state index contributed by atoms with van der Waals surface area (Å²) < 4.78 is 0. The second-order valence-corrected chi connectivity index (χ2v) is 1.79. The molecule has 0 bridgehead atoms. The quantitative estimate of drug-likeness (QED) is 0.537. The van der Waals surface area contributed by atoms with E-state index in [1.165, 1.54) is 0 Å². The van der Waals surface area contributed by atoms with Crippen molar-refractivity contribution in [2.24, 2.45) is 5.73 Å². The maximum atomic E-state index is 5.54. The van der Waals surface area contributed by atoms with Crippen molar-refractivity contribution in [2.45, 2.75) is 6.42 Å². The van der Waals surface area contributed by atoms with Crippen LogP contribution in [0.25, 0.3) is 0 Å². The SMILES string of the molecule is C=CC1=C(N)CC=C1. The van der Waals surface area contributed by atoms with Crippen molar-refractivity contribution in [2.75, 3.05) is 0 Å². The van der Waals surface area contributed by atoms with Crippen LogP contribution in [0, 0.1) is 0 Å². The van der Waals surface area contributed by atoms with E-state index in [4.69, 9.17) is 5.73 Å². The Balaban J connectivity index is 2.85. The van der Waals surface area contributed by atoms with Gasteiger partial charge in [-0.3, -0.25) is 0 Å². The zero-order chi connectivity index (χ0) is 5.98. The van der Waals surface area contributed by atoms with Crippen LogP contribution in [0.2, 0.25) is 0 Å². The minimum Gasteiger partial charge on any atom is -0.401 e. The lowest BCUT2D eigenvalue weighted by molar-refractivity contribution is 1.19. The molecule has 0 saturated heterocycles. The van der Waals surface area contributed by atoms with E-state index in [1.54, 1.807) is 6.08 Å². The predicted molar refractivity (Wildman–Crippen MR) is 35.2 cm³/mol. The van der Waals surface area contributed by atoms with Gasteiger partial charge in [0.2, 0.25) is 0 Å². The van der Waals surface area contributed by atoms with E-state index in [9.17, 15) is 0 Å². The van der Waals surface area contributed by atoms with E-state index in [1.807, 2.05) is 12.2 Å². The summed E-state index contributed by atoms with van der Waals surface area (Å²) in [6.45, 7) is 3.60. The molecule has 1 aliphatic rings. The molecule has 0 heterocycles. The van der Waals surface area contributed by atoms with Crippen molar-refractivity contribution in [1.29, 1.82) is 0 Å². The molecule has 0 spiro atoms. The molecule has 0 fully saturated rings. The third kappa shape index (κ3) is 0.668. The summed E-state index contributed by atoms with van der Waals surface area (Å²) in [7, 11) is 0. The number of rotatable bonds is 1. The first-order chi connectivity index (χ1) is 3.84. The Labute approximate surface area is 49.2 Å². The van der Waals surface area contributed by atoms with Gasteiger partial charge in [-0.2, -0.15) is 0 Å². The maximum absolute atomic E-state index is 5.54. The highest BCUT2D eigenvalue weighted by Crippen LogP contribution is 2.13. The third-order valence-electron chi connectivity index (χ3n) is 1.23.